The van der Waals surface area contributed by atoms with Crippen LogP contribution in [-0.4, -0.2) is 49.3 Å². The van der Waals surface area contributed by atoms with Crippen molar-refractivity contribution in [2.24, 2.45) is 0 Å². The molecule has 0 saturated heterocycles. The predicted octanol–water partition coefficient (Wildman–Crippen LogP) is 1.02. The SMILES string of the molecule is CCCN(CCO)CC(=O)NCc1cccc(OC)c1. The number of benzene rings is 1. The Balaban J connectivity index is 2.41. The topological polar surface area (TPSA) is 61.8 Å². The molecule has 0 atom stereocenters. The Morgan fingerprint density at radius 1 is 1.40 bits per heavy atom. The monoisotopic (exact) mass is 280 g/mol. The van der Waals surface area contributed by atoms with Crippen LogP contribution in [0.4, 0.5) is 0 Å². The molecule has 0 saturated carbocycles. The zero-order valence-corrected chi connectivity index (χ0v) is 12.3. The van der Waals surface area contributed by atoms with Crippen LogP contribution >= 0.6 is 0 Å². The van der Waals surface area contributed by atoms with E-state index < -0.39 is 0 Å². The average Bonchev–Trinajstić information content (AvgIpc) is 2.46. The van der Waals surface area contributed by atoms with Gasteiger partial charge in [0.05, 0.1) is 20.3 Å². The maximum Gasteiger partial charge on any atom is 0.234 e. The molecule has 0 spiro atoms. The van der Waals surface area contributed by atoms with Crippen LogP contribution in [0, 0.1) is 0 Å². The van der Waals surface area contributed by atoms with Crippen LogP contribution in [-0.2, 0) is 11.3 Å². The number of aliphatic hydroxyl groups excluding tert-OH is 1. The van der Waals surface area contributed by atoms with Crippen LogP contribution in [0.1, 0.15) is 18.9 Å². The van der Waals surface area contributed by atoms with E-state index in [1.165, 1.54) is 0 Å². The van der Waals surface area contributed by atoms with Gasteiger partial charge in [-0.2, -0.15) is 0 Å². The summed E-state index contributed by atoms with van der Waals surface area (Å²) < 4.78 is 5.14. The minimum Gasteiger partial charge on any atom is -0.497 e. The summed E-state index contributed by atoms with van der Waals surface area (Å²) in [7, 11) is 1.62. The van der Waals surface area contributed by atoms with Crippen LogP contribution in [0.15, 0.2) is 24.3 Å². The fraction of sp³-hybridized carbons (Fsp3) is 0.533. The highest BCUT2D eigenvalue weighted by molar-refractivity contribution is 5.78. The Hall–Kier alpha value is -1.59. The number of nitrogens with zero attached hydrogens (tertiary/aromatic N) is 1. The number of ether oxygens (including phenoxy) is 1. The molecule has 1 rings (SSSR count). The van der Waals surface area contributed by atoms with Crippen LogP contribution < -0.4 is 10.1 Å². The number of hydrogen-bond donors (Lipinski definition) is 2. The first kappa shape index (κ1) is 16.5. The number of rotatable bonds is 9. The van der Waals surface area contributed by atoms with E-state index in [0.29, 0.717) is 19.6 Å². The third-order valence-corrected chi connectivity index (χ3v) is 2.95. The van der Waals surface area contributed by atoms with Gasteiger partial charge in [-0.05, 0) is 30.7 Å². The summed E-state index contributed by atoms with van der Waals surface area (Å²) in [5, 5.41) is 11.8. The minimum absolute atomic E-state index is 0.0327. The Morgan fingerprint density at radius 2 is 2.20 bits per heavy atom. The van der Waals surface area contributed by atoms with E-state index in [1.54, 1.807) is 7.11 Å². The Morgan fingerprint density at radius 3 is 2.85 bits per heavy atom. The quantitative estimate of drug-likeness (QED) is 0.709. The predicted molar refractivity (Wildman–Crippen MR) is 78.7 cm³/mol. The molecule has 1 aromatic carbocycles. The highest BCUT2D eigenvalue weighted by atomic mass is 16.5. The van der Waals surface area contributed by atoms with Crippen molar-refractivity contribution in [3.8, 4) is 5.75 Å². The maximum atomic E-state index is 11.9. The van der Waals surface area contributed by atoms with Crippen molar-refractivity contribution in [1.29, 1.82) is 0 Å². The highest BCUT2D eigenvalue weighted by Gasteiger charge is 2.09. The molecule has 0 bridgehead atoms. The van der Waals surface area contributed by atoms with Gasteiger partial charge >= 0.3 is 0 Å². The van der Waals surface area contributed by atoms with Gasteiger partial charge in [0.2, 0.25) is 5.91 Å². The number of methoxy groups -OCH3 is 1. The third-order valence-electron chi connectivity index (χ3n) is 2.95. The molecule has 5 nitrogen and oxygen atoms in total. The number of carbonyl (C=O) groups is 1. The summed E-state index contributed by atoms with van der Waals surface area (Å²) in [5.41, 5.74) is 1.00. The minimum atomic E-state index is -0.0327. The van der Waals surface area contributed by atoms with Crippen molar-refractivity contribution in [3.05, 3.63) is 29.8 Å². The van der Waals surface area contributed by atoms with Crippen LogP contribution in [0.3, 0.4) is 0 Å². The standard InChI is InChI=1S/C15H24N2O3/c1-3-7-17(8-9-18)12-15(19)16-11-13-5-4-6-14(10-13)20-2/h4-6,10,18H,3,7-9,11-12H2,1-2H3,(H,16,19). The maximum absolute atomic E-state index is 11.9. The second kappa shape index (κ2) is 9.34. The van der Waals surface area contributed by atoms with Crippen LogP contribution in [0.5, 0.6) is 5.75 Å². The van der Waals surface area contributed by atoms with Crippen molar-refractivity contribution in [3.63, 3.8) is 0 Å². The average molecular weight is 280 g/mol. The largest absolute Gasteiger partial charge is 0.497 e. The van der Waals surface area contributed by atoms with Gasteiger partial charge < -0.3 is 15.2 Å². The molecule has 0 aromatic heterocycles. The summed E-state index contributed by atoms with van der Waals surface area (Å²) in [6.45, 7) is 4.27. The summed E-state index contributed by atoms with van der Waals surface area (Å²) in [6, 6.07) is 7.61. The fourth-order valence-electron chi connectivity index (χ4n) is 1.97. The van der Waals surface area contributed by atoms with Gasteiger partial charge in [-0.15, -0.1) is 0 Å². The van der Waals surface area contributed by atoms with E-state index in [-0.39, 0.29) is 12.5 Å². The molecule has 0 aliphatic rings. The first-order valence-electron chi connectivity index (χ1n) is 6.92. The van der Waals surface area contributed by atoms with Gasteiger partial charge in [0.1, 0.15) is 5.75 Å². The van der Waals surface area contributed by atoms with Crippen molar-refractivity contribution in [2.45, 2.75) is 19.9 Å². The number of aliphatic hydroxyl groups is 1. The number of amides is 1. The Labute approximate surface area is 120 Å². The number of nitrogens with one attached hydrogen (secondary N) is 1. The summed E-state index contributed by atoms with van der Waals surface area (Å²) in [4.78, 5) is 13.8. The van der Waals surface area contributed by atoms with E-state index in [4.69, 9.17) is 9.84 Å². The molecule has 0 unspecified atom stereocenters. The molecule has 0 fully saturated rings. The third kappa shape index (κ3) is 6.04. The lowest BCUT2D eigenvalue weighted by Gasteiger charge is -2.19. The van der Waals surface area contributed by atoms with E-state index in [1.807, 2.05) is 29.2 Å². The van der Waals surface area contributed by atoms with Gasteiger partial charge in [0, 0.05) is 13.1 Å². The molecule has 2 N–H and O–H groups in total. The van der Waals surface area contributed by atoms with Gasteiger partial charge in [0.15, 0.2) is 0 Å². The Bertz CT molecular complexity index is 404. The molecule has 5 heteroatoms. The molecule has 0 radical (unpaired) electrons. The van der Waals surface area contributed by atoms with E-state index in [2.05, 4.69) is 12.2 Å². The zero-order valence-electron chi connectivity index (χ0n) is 12.3. The van der Waals surface area contributed by atoms with Crippen molar-refractivity contribution < 1.29 is 14.6 Å². The summed E-state index contributed by atoms with van der Waals surface area (Å²) >= 11 is 0. The van der Waals surface area contributed by atoms with E-state index in [0.717, 1.165) is 24.3 Å². The molecule has 0 aliphatic heterocycles. The lowest BCUT2D eigenvalue weighted by molar-refractivity contribution is -0.122. The van der Waals surface area contributed by atoms with Crippen molar-refractivity contribution >= 4 is 5.91 Å². The molecule has 1 amide bonds. The van der Waals surface area contributed by atoms with Gasteiger partial charge in [-0.1, -0.05) is 19.1 Å². The lowest BCUT2D eigenvalue weighted by Crippen LogP contribution is -2.38. The van der Waals surface area contributed by atoms with Crippen LogP contribution in [0.25, 0.3) is 0 Å². The fourth-order valence-corrected chi connectivity index (χ4v) is 1.97. The van der Waals surface area contributed by atoms with E-state index in [9.17, 15) is 4.79 Å². The molecule has 0 aliphatic carbocycles. The summed E-state index contributed by atoms with van der Waals surface area (Å²) in [5.74, 6) is 0.749. The molecule has 0 heterocycles. The van der Waals surface area contributed by atoms with Gasteiger partial charge in [-0.25, -0.2) is 0 Å². The van der Waals surface area contributed by atoms with E-state index >= 15 is 0 Å². The molecule has 1 aromatic rings. The molecule has 112 valence electrons. The zero-order chi connectivity index (χ0) is 14.8. The number of hydrogen-bond acceptors (Lipinski definition) is 4. The first-order valence-corrected chi connectivity index (χ1v) is 6.92. The smallest absolute Gasteiger partial charge is 0.234 e. The highest BCUT2D eigenvalue weighted by Crippen LogP contribution is 2.12. The number of carbonyl (C=O) groups excluding carboxylic acids is 1. The van der Waals surface area contributed by atoms with Crippen molar-refractivity contribution in [2.75, 3.05) is 33.4 Å². The first-order chi connectivity index (χ1) is 9.69. The van der Waals surface area contributed by atoms with Crippen LogP contribution in [0.2, 0.25) is 0 Å². The van der Waals surface area contributed by atoms with Crippen molar-refractivity contribution in [1.82, 2.24) is 10.2 Å². The molecular weight excluding hydrogens is 256 g/mol. The van der Waals surface area contributed by atoms with Gasteiger partial charge in [-0.3, -0.25) is 9.69 Å². The second-order valence-corrected chi connectivity index (χ2v) is 4.63. The summed E-state index contributed by atoms with van der Waals surface area (Å²) in [6.07, 6.45) is 0.961. The normalized spacial score (nSPS) is 10.6. The molecule has 20 heavy (non-hydrogen) atoms. The second-order valence-electron chi connectivity index (χ2n) is 4.63. The van der Waals surface area contributed by atoms with Gasteiger partial charge in [0.25, 0.3) is 0 Å². The lowest BCUT2D eigenvalue weighted by atomic mass is 10.2. The molecular formula is C15H24N2O3. The Kier molecular flexibility index (Phi) is 7.69.